The second kappa shape index (κ2) is 9.01. The minimum atomic E-state index is -0.257. The zero-order valence-corrected chi connectivity index (χ0v) is 18.0. The summed E-state index contributed by atoms with van der Waals surface area (Å²) in [5, 5.41) is 0. The first kappa shape index (κ1) is 21.2. The number of nitrogens with one attached hydrogen (secondary N) is 1. The standard InChI is InChI=1S/C23H28N4O4/c1-15-7-3-4-8-16(15)23(30)27-11-6-5-9-19(27)21-24-18-10-12-26(20(28)14-31-2)13-17(18)22(29)25-21/h3-4,7-8,19H,5-6,9-14H2,1-2H3,(H,24,25,29)/t19-/m1/s1. The Labute approximate surface area is 181 Å². The van der Waals surface area contributed by atoms with Gasteiger partial charge in [0.1, 0.15) is 12.4 Å². The van der Waals surface area contributed by atoms with E-state index in [0.717, 1.165) is 24.8 Å². The Kier molecular flexibility index (Phi) is 6.18. The molecule has 0 saturated carbocycles. The highest BCUT2D eigenvalue weighted by atomic mass is 16.5. The quantitative estimate of drug-likeness (QED) is 0.810. The van der Waals surface area contributed by atoms with Gasteiger partial charge >= 0.3 is 0 Å². The molecule has 31 heavy (non-hydrogen) atoms. The average Bonchev–Trinajstić information content (AvgIpc) is 2.79. The molecule has 0 bridgehead atoms. The number of carbonyl (C=O) groups is 2. The van der Waals surface area contributed by atoms with Gasteiger partial charge in [0.15, 0.2) is 0 Å². The van der Waals surface area contributed by atoms with Gasteiger partial charge in [0.2, 0.25) is 5.91 Å². The summed E-state index contributed by atoms with van der Waals surface area (Å²) in [5.41, 5.74) is 2.62. The molecular weight excluding hydrogens is 396 g/mol. The molecule has 1 aromatic heterocycles. The Bertz CT molecular complexity index is 1050. The number of hydrogen-bond donors (Lipinski definition) is 1. The van der Waals surface area contributed by atoms with Gasteiger partial charge in [-0.25, -0.2) is 4.98 Å². The van der Waals surface area contributed by atoms with Crippen LogP contribution in [0.5, 0.6) is 0 Å². The number of amides is 2. The van der Waals surface area contributed by atoms with Gasteiger partial charge in [0, 0.05) is 32.2 Å². The lowest BCUT2D eigenvalue weighted by Crippen LogP contribution is -2.43. The first-order valence-electron chi connectivity index (χ1n) is 10.7. The minimum absolute atomic E-state index is 0.00318. The van der Waals surface area contributed by atoms with E-state index in [1.165, 1.54) is 7.11 Å². The fourth-order valence-corrected chi connectivity index (χ4v) is 4.46. The molecule has 2 aromatic rings. The number of aromatic nitrogens is 2. The number of methoxy groups -OCH3 is 1. The Morgan fingerprint density at radius 3 is 2.81 bits per heavy atom. The van der Waals surface area contributed by atoms with Crippen molar-refractivity contribution in [2.45, 2.75) is 45.2 Å². The van der Waals surface area contributed by atoms with Gasteiger partial charge < -0.3 is 19.5 Å². The average molecular weight is 425 g/mol. The van der Waals surface area contributed by atoms with Crippen molar-refractivity contribution in [3.8, 4) is 0 Å². The third kappa shape index (κ3) is 4.25. The van der Waals surface area contributed by atoms with Crippen LogP contribution in [0.1, 0.15) is 58.3 Å². The zero-order valence-electron chi connectivity index (χ0n) is 18.0. The highest BCUT2D eigenvalue weighted by Gasteiger charge is 2.32. The molecule has 1 N–H and O–H groups in total. The molecule has 1 aromatic carbocycles. The van der Waals surface area contributed by atoms with E-state index in [4.69, 9.17) is 9.72 Å². The van der Waals surface area contributed by atoms with Crippen molar-refractivity contribution in [1.29, 1.82) is 0 Å². The molecule has 0 spiro atoms. The molecule has 0 unspecified atom stereocenters. The number of likely N-dealkylation sites (tertiary alicyclic amines) is 1. The van der Waals surface area contributed by atoms with Crippen molar-refractivity contribution in [3.63, 3.8) is 0 Å². The molecule has 1 atom stereocenters. The highest BCUT2D eigenvalue weighted by molar-refractivity contribution is 5.95. The molecule has 1 saturated heterocycles. The first-order valence-corrected chi connectivity index (χ1v) is 10.7. The monoisotopic (exact) mass is 424 g/mol. The lowest BCUT2D eigenvalue weighted by Gasteiger charge is -2.36. The third-order valence-electron chi connectivity index (χ3n) is 6.16. The van der Waals surface area contributed by atoms with Gasteiger partial charge in [-0.05, 0) is 37.8 Å². The predicted octanol–water partition coefficient (Wildman–Crippen LogP) is 1.98. The number of rotatable bonds is 4. The van der Waals surface area contributed by atoms with Crippen LogP contribution in [0, 0.1) is 6.92 Å². The summed E-state index contributed by atoms with van der Waals surface area (Å²) in [6.45, 7) is 3.30. The molecule has 3 heterocycles. The zero-order chi connectivity index (χ0) is 22.0. The van der Waals surface area contributed by atoms with E-state index in [9.17, 15) is 14.4 Å². The van der Waals surface area contributed by atoms with Crippen LogP contribution in [0.3, 0.4) is 0 Å². The molecular formula is C23H28N4O4. The van der Waals surface area contributed by atoms with Crippen LogP contribution in [-0.2, 0) is 22.5 Å². The van der Waals surface area contributed by atoms with E-state index in [0.29, 0.717) is 42.2 Å². The maximum Gasteiger partial charge on any atom is 0.256 e. The molecule has 1 fully saturated rings. The van der Waals surface area contributed by atoms with E-state index in [1.807, 2.05) is 36.1 Å². The summed E-state index contributed by atoms with van der Waals surface area (Å²) in [5.74, 6) is 0.375. The smallest absolute Gasteiger partial charge is 0.256 e. The van der Waals surface area contributed by atoms with Crippen LogP contribution >= 0.6 is 0 Å². The summed E-state index contributed by atoms with van der Waals surface area (Å²) in [6, 6.07) is 7.31. The van der Waals surface area contributed by atoms with Gasteiger partial charge in [-0.15, -0.1) is 0 Å². The molecule has 2 amide bonds. The SMILES string of the molecule is COCC(=O)N1CCc2nc([C@H]3CCCCN3C(=O)c3ccccc3C)[nH]c(=O)c2C1. The van der Waals surface area contributed by atoms with Crippen molar-refractivity contribution in [2.24, 2.45) is 0 Å². The van der Waals surface area contributed by atoms with Crippen molar-refractivity contribution in [1.82, 2.24) is 19.8 Å². The molecule has 4 rings (SSSR count). The number of fused-ring (bicyclic) bond motifs is 1. The largest absolute Gasteiger partial charge is 0.375 e. The van der Waals surface area contributed by atoms with Crippen LogP contribution in [0.2, 0.25) is 0 Å². The van der Waals surface area contributed by atoms with Gasteiger partial charge in [0.05, 0.1) is 23.8 Å². The number of benzene rings is 1. The topological polar surface area (TPSA) is 95.6 Å². The number of ether oxygens (including phenoxy) is 1. The van der Waals surface area contributed by atoms with Crippen molar-refractivity contribution < 1.29 is 14.3 Å². The Morgan fingerprint density at radius 2 is 2.03 bits per heavy atom. The van der Waals surface area contributed by atoms with Crippen LogP contribution in [0.4, 0.5) is 0 Å². The molecule has 0 radical (unpaired) electrons. The summed E-state index contributed by atoms with van der Waals surface area (Å²) in [7, 11) is 1.48. The number of carbonyl (C=O) groups excluding carboxylic acids is 2. The molecule has 164 valence electrons. The van der Waals surface area contributed by atoms with Crippen molar-refractivity contribution >= 4 is 11.8 Å². The number of nitrogens with zero attached hydrogens (tertiary/aromatic N) is 3. The van der Waals surface area contributed by atoms with E-state index < -0.39 is 0 Å². The number of H-pyrrole nitrogens is 1. The van der Waals surface area contributed by atoms with E-state index in [1.54, 1.807) is 4.90 Å². The van der Waals surface area contributed by atoms with Crippen LogP contribution in [-0.4, -0.2) is 58.4 Å². The third-order valence-corrected chi connectivity index (χ3v) is 6.16. The second-order valence-electron chi connectivity index (χ2n) is 8.20. The van der Waals surface area contributed by atoms with Gasteiger partial charge in [-0.2, -0.15) is 0 Å². The summed E-state index contributed by atoms with van der Waals surface area (Å²) in [4.78, 5) is 49.5. The summed E-state index contributed by atoms with van der Waals surface area (Å²) >= 11 is 0. The summed E-state index contributed by atoms with van der Waals surface area (Å²) in [6.07, 6.45) is 3.18. The van der Waals surface area contributed by atoms with E-state index in [2.05, 4.69) is 4.98 Å². The van der Waals surface area contributed by atoms with E-state index in [-0.39, 0.29) is 36.6 Å². The van der Waals surface area contributed by atoms with Gasteiger partial charge in [-0.1, -0.05) is 18.2 Å². The molecule has 0 aliphatic carbocycles. The lowest BCUT2D eigenvalue weighted by molar-refractivity contribution is -0.136. The second-order valence-corrected chi connectivity index (χ2v) is 8.20. The van der Waals surface area contributed by atoms with Gasteiger partial charge in [-0.3, -0.25) is 14.4 Å². The van der Waals surface area contributed by atoms with Crippen molar-refractivity contribution in [3.05, 3.63) is 62.8 Å². The van der Waals surface area contributed by atoms with Crippen molar-refractivity contribution in [2.75, 3.05) is 26.8 Å². The van der Waals surface area contributed by atoms with Crippen LogP contribution in [0.15, 0.2) is 29.1 Å². The van der Waals surface area contributed by atoms with E-state index >= 15 is 0 Å². The minimum Gasteiger partial charge on any atom is -0.375 e. The van der Waals surface area contributed by atoms with Gasteiger partial charge in [0.25, 0.3) is 11.5 Å². The Hall–Kier alpha value is -3.00. The first-order chi connectivity index (χ1) is 15.0. The lowest BCUT2D eigenvalue weighted by atomic mass is 9.98. The number of piperidine rings is 1. The highest BCUT2D eigenvalue weighted by Crippen LogP contribution is 2.31. The molecule has 2 aliphatic heterocycles. The van der Waals surface area contributed by atoms with Crippen LogP contribution in [0.25, 0.3) is 0 Å². The maximum absolute atomic E-state index is 13.3. The summed E-state index contributed by atoms with van der Waals surface area (Å²) < 4.78 is 4.92. The molecule has 8 heteroatoms. The number of hydrogen-bond acceptors (Lipinski definition) is 5. The predicted molar refractivity (Wildman–Crippen MR) is 115 cm³/mol. The fraction of sp³-hybridized carbons (Fsp3) is 0.478. The normalized spacial score (nSPS) is 18.6. The number of aromatic amines is 1. The Balaban J connectivity index is 1.62. The molecule has 2 aliphatic rings. The molecule has 8 nitrogen and oxygen atoms in total. The van der Waals surface area contributed by atoms with Crippen LogP contribution < -0.4 is 5.56 Å². The number of aryl methyl sites for hydroxylation is 1. The fourth-order valence-electron chi connectivity index (χ4n) is 4.46. The maximum atomic E-state index is 13.3. The Morgan fingerprint density at radius 1 is 1.23 bits per heavy atom.